The lowest BCUT2D eigenvalue weighted by Crippen LogP contribution is -2.65. The summed E-state index contributed by atoms with van der Waals surface area (Å²) in [6.45, 7) is 19.2. The zero-order valence-corrected chi connectivity index (χ0v) is 29.0. The van der Waals surface area contributed by atoms with Gasteiger partial charge < -0.3 is 34.7 Å². The molecular formula is C31H56BN3O7Si. The molecule has 3 unspecified atom stereocenters. The number of alkyl carbamates (subject to hydrolysis) is 1. The van der Waals surface area contributed by atoms with Gasteiger partial charge in [0.25, 0.3) is 0 Å². The number of rotatable bonds is 11. The van der Waals surface area contributed by atoms with Crippen LogP contribution in [0.4, 0.5) is 4.79 Å². The number of nitrogens with zero attached hydrogens (tertiary/aromatic N) is 1. The van der Waals surface area contributed by atoms with Crippen molar-refractivity contribution in [3.05, 3.63) is 0 Å². The molecule has 244 valence electrons. The largest absolute Gasteiger partial charge is 0.481 e. The minimum Gasteiger partial charge on any atom is -0.444 e. The second kappa shape index (κ2) is 12.6. The highest BCUT2D eigenvalue weighted by Gasteiger charge is 2.68. The molecule has 3 amide bonds. The van der Waals surface area contributed by atoms with Gasteiger partial charge in [0.15, 0.2) is 0 Å². The molecule has 3 N–H and O–H groups in total. The highest BCUT2D eigenvalue weighted by molar-refractivity contribution is 6.76. The zero-order chi connectivity index (χ0) is 32.0. The number of carbonyl (C=O) groups is 3. The molecule has 3 saturated carbocycles. The van der Waals surface area contributed by atoms with Gasteiger partial charge in [-0.2, -0.15) is 0 Å². The van der Waals surface area contributed by atoms with Crippen LogP contribution in [0, 0.1) is 17.3 Å². The normalized spacial score (nSPS) is 31.1. The first kappa shape index (κ1) is 34.2. The molecule has 3 aliphatic carbocycles. The van der Waals surface area contributed by atoms with Crippen LogP contribution >= 0.6 is 0 Å². The molecule has 0 spiro atoms. The maximum Gasteiger partial charge on any atom is 0.481 e. The smallest absolute Gasteiger partial charge is 0.444 e. The number of likely N-dealkylation sites (tertiary alicyclic amines) is 1. The van der Waals surface area contributed by atoms with Crippen molar-refractivity contribution in [2.75, 3.05) is 13.2 Å². The zero-order valence-electron chi connectivity index (χ0n) is 28.0. The van der Waals surface area contributed by atoms with Crippen LogP contribution in [0.2, 0.25) is 25.7 Å². The molecule has 12 heteroatoms. The van der Waals surface area contributed by atoms with Gasteiger partial charge in [0.2, 0.25) is 11.8 Å². The van der Waals surface area contributed by atoms with Crippen LogP contribution in [-0.4, -0.2) is 91.6 Å². The molecule has 5 rings (SSSR count). The third-order valence-electron chi connectivity index (χ3n) is 10.2. The molecule has 2 heterocycles. The number of aliphatic hydroxyl groups excluding tert-OH is 1. The third-order valence-corrected chi connectivity index (χ3v) is 11.8. The SMILES string of the molecule is CC(C)(C)OC(=O)N[C@H](C[Si](C)(C)C)C(=O)N1CCC[C@H]1C(=O)N[C@@H](CCCCO)B1OC2CC3CC(C3(C)C)[C@]2(C)O1. The quantitative estimate of drug-likeness (QED) is 0.234. The van der Waals surface area contributed by atoms with Gasteiger partial charge in [-0.1, -0.05) is 33.5 Å². The molecule has 10 nitrogen and oxygen atoms in total. The van der Waals surface area contributed by atoms with E-state index in [0.29, 0.717) is 50.1 Å². The predicted molar refractivity (Wildman–Crippen MR) is 169 cm³/mol. The van der Waals surface area contributed by atoms with Gasteiger partial charge in [-0.05, 0) is 95.9 Å². The summed E-state index contributed by atoms with van der Waals surface area (Å²) in [5.41, 5.74) is -0.869. The second-order valence-electron chi connectivity index (χ2n) is 16.3. The molecule has 2 aliphatic heterocycles. The Labute approximate surface area is 259 Å². The van der Waals surface area contributed by atoms with Crippen LogP contribution in [0.5, 0.6) is 0 Å². The first-order chi connectivity index (χ1) is 19.9. The topological polar surface area (TPSA) is 126 Å². The first-order valence-corrected chi connectivity index (χ1v) is 20.1. The number of ether oxygens (including phenoxy) is 1. The monoisotopic (exact) mass is 621 g/mol. The van der Waals surface area contributed by atoms with E-state index < -0.39 is 50.5 Å². The summed E-state index contributed by atoms with van der Waals surface area (Å²) in [5.74, 6) is 0.178. The lowest BCUT2D eigenvalue weighted by Gasteiger charge is -2.64. The molecule has 0 aromatic carbocycles. The van der Waals surface area contributed by atoms with Gasteiger partial charge in [-0.3, -0.25) is 9.59 Å². The Morgan fingerprint density at radius 1 is 1.12 bits per heavy atom. The minimum absolute atomic E-state index is 0.00247. The Hall–Kier alpha value is -1.63. The third kappa shape index (κ3) is 7.61. The first-order valence-electron chi connectivity index (χ1n) is 16.4. The fraction of sp³-hybridized carbons (Fsp3) is 0.903. The van der Waals surface area contributed by atoms with Crippen LogP contribution in [0.1, 0.15) is 86.5 Å². The molecule has 0 radical (unpaired) electrons. The van der Waals surface area contributed by atoms with Gasteiger partial charge in [0.1, 0.15) is 17.7 Å². The molecule has 2 bridgehead atoms. The van der Waals surface area contributed by atoms with Crippen molar-refractivity contribution in [2.24, 2.45) is 17.3 Å². The fourth-order valence-electron chi connectivity index (χ4n) is 7.87. The molecule has 7 atom stereocenters. The van der Waals surface area contributed by atoms with Gasteiger partial charge in [-0.15, -0.1) is 0 Å². The number of hydrogen-bond donors (Lipinski definition) is 3. The predicted octanol–water partition coefficient (Wildman–Crippen LogP) is 4.12. The molecule has 0 aromatic heterocycles. The lowest BCUT2D eigenvalue weighted by atomic mass is 9.43. The summed E-state index contributed by atoms with van der Waals surface area (Å²) >= 11 is 0. The fourth-order valence-corrected chi connectivity index (χ4v) is 9.37. The molecule has 0 aromatic rings. The number of aliphatic hydroxyl groups is 1. The van der Waals surface area contributed by atoms with Gasteiger partial charge in [0.05, 0.1) is 17.6 Å². The molecular weight excluding hydrogens is 565 g/mol. The number of unbranched alkanes of at least 4 members (excludes halogenated alkanes) is 1. The maximum atomic E-state index is 13.9. The van der Waals surface area contributed by atoms with Crippen molar-refractivity contribution in [3.63, 3.8) is 0 Å². The number of amides is 3. The Morgan fingerprint density at radius 3 is 2.42 bits per heavy atom. The van der Waals surface area contributed by atoms with E-state index in [0.717, 1.165) is 19.3 Å². The van der Waals surface area contributed by atoms with E-state index in [-0.39, 0.29) is 29.9 Å². The average Bonchev–Trinajstić information content (AvgIpc) is 3.49. The number of hydrogen-bond acceptors (Lipinski definition) is 7. The lowest BCUT2D eigenvalue weighted by molar-refractivity contribution is -0.199. The van der Waals surface area contributed by atoms with E-state index in [9.17, 15) is 19.5 Å². The maximum absolute atomic E-state index is 13.9. The van der Waals surface area contributed by atoms with E-state index in [2.05, 4.69) is 51.0 Å². The Kier molecular flexibility index (Phi) is 10.1. The van der Waals surface area contributed by atoms with Gasteiger partial charge >= 0.3 is 13.2 Å². The summed E-state index contributed by atoms with van der Waals surface area (Å²) < 4.78 is 18.7. The molecule has 2 saturated heterocycles. The molecule has 5 fully saturated rings. The van der Waals surface area contributed by atoms with Crippen LogP contribution < -0.4 is 10.6 Å². The highest BCUT2D eigenvalue weighted by atomic mass is 28.3. The number of nitrogens with one attached hydrogen (secondary N) is 2. The summed E-state index contributed by atoms with van der Waals surface area (Å²) in [5, 5.41) is 15.5. The summed E-state index contributed by atoms with van der Waals surface area (Å²) in [4.78, 5) is 42.1. The standard InChI is InChI=1S/C31H56BN3O7Si/c1-29(2,3)40-28(39)33-21(19-43(7,8)9)27(38)35-15-12-13-22(35)26(37)34-25(14-10-11-16-36)32-41-24-18-20-17-23(30(20,4)5)31(24,6)42-32/h20-25,36H,10-19H2,1-9H3,(H,33,39)(H,34,37)/t20?,21-,22+,23?,24?,25+,31+/m1/s1. The van der Waals surface area contributed by atoms with Crippen molar-refractivity contribution < 1.29 is 33.5 Å². The van der Waals surface area contributed by atoms with Gasteiger partial charge in [0, 0.05) is 21.2 Å². The van der Waals surface area contributed by atoms with Crippen molar-refractivity contribution in [1.29, 1.82) is 0 Å². The van der Waals surface area contributed by atoms with Crippen LogP contribution in [0.25, 0.3) is 0 Å². The Balaban J connectivity index is 1.47. The van der Waals surface area contributed by atoms with E-state index in [1.54, 1.807) is 25.7 Å². The summed E-state index contributed by atoms with van der Waals surface area (Å²) in [6.07, 6.45) is 4.69. The average molecular weight is 622 g/mol. The van der Waals surface area contributed by atoms with Crippen LogP contribution in [0.3, 0.4) is 0 Å². The Bertz CT molecular complexity index is 1050. The van der Waals surface area contributed by atoms with Crippen LogP contribution in [0.15, 0.2) is 0 Å². The van der Waals surface area contributed by atoms with Crippen molar-refractivity contribution >= 4 is 33.1 Å². The van der Waals surface area contributed by atoms with Crippen LogP contribution in [-0.2, 0) is 23.6 Å². The molecule has 43 heavy (non-hydrogen) atoms. The van der Waals surface area contributed by atoms with Crippen molar-refractivity contribution in [1.82, 2.24) is 15.5 Å². The second-order valence-corrected chi connectivity index (χ2v) is 21.9. The van der Waals surface area contributed by atoms with E-state index in [4.69, 9.17) is 14.0 Å². The van der Waals surface area contributed by atoms with Crippen molar-refractivity contribution in [3.8, 4) is 0 Å². The summed E-state index contributed by atoms with van der Waals surface area (Å²) in [6, 6.07) is -0.847. The molecule has 5 aliphatic rings. The van der Waals surface area contributed by atoms with Crippen molar-refractivity contribution in [2.45, 2.75) is 148 Å². The van der Waals surface area contributed by atoms with E-state index >= 15 is 0 Å². The highest BCUT2D eigenvalue weighted by Crippen LogP contribution is 2.65. The Morgan fingerprint density at radius 2 is 1.81 bits per heavy atom. The van der Waals surface area contributed by atoms with E-state index in [1.165, 1.54) is 0 Å². The minimum atomic E-state index is -1.78. The van der Waals surface area contributed by atoms with Gasteiger partial charge in [-0.25, -0.2) is 4.79 Å². The van der Waals surface area contributed by atoms with E-state index in [1.807, 2.05) is 0 Å². The summed E-state index contributed by atoms with van der Waals surface area (Å²) in [7, 11) is -2.36. The number of carbonyl (C=O) groups excluding carboxylic acids is 3.